The fourth-order valence-corrected chi connectivity index (χ4v) is 2.87. The fraction of sp³-hybridized carbons (Fsp3) is 0.200. The summed E-state index contributed by atoms with van der Waals surface area (Å²) in [6.07, 6.45) is 2.80. The van der Waals surface area contributed by atoms with E-state index >= 15 is 0 Å². The van der Waals surface area contributed by atoms with Gasteiger partial charge in [0.25, 0.3) is 5.91 Å². The minimum atomic E-state index is -3.72. The molecule has 8 heteroatoms. The Kier molecular flexibility index (Phi) is 5.30. The largest absolute Gasteiger partial charge is 0.463 e. The van der Waals surface area contributed by atoms with Crippen molar-refractivity contribution in [1.82, 2.24) is 9.73 Å². The Morgan fingerprint density at radius 3 is 2.61 bits per heavy atom. The first kappa shape index (κ1) is 16.9. The van der Waals surface area contributed by atoms with E-state index in [2.05, 4.69) is 10.5 Å². The molecule has 0 radical (unpaired) electrons. The highest BCUT2D eigenvalue weighted by Crippen LogP contribution is 2.14. The zero-order valence-electron chi connectivity index (χ0n) is 12.8. The lowest BCUT2D eigenvalue weighted by Gasteiger charge is -2.16. The van der Waals surface area contributed by atoms with E-state index in [4.69, 9.17) is 4.42 Å². The molecule has 23 heavy (non-hydrogen) atoms. The van der Waals surface area contributed by atoms with Crippen molar-refractivity contribution in [3.63, 3.8) is 0 Å². The molecule has 1 N–H and O–H groups in total. The van der Waals surface area contributed by atoms with Crippen LogP contribution in [0, 0.1) is 6.92 Å². The highest BCUT2D eigenvalue weighted by Gasteiger charge is 2.22. The van der Waals surface area contributed by atoms with Crippen molar-refractivity contribution in [3.8, 4) is 0 Å². The van der Waals surface area contributed by atoms with Crippen LogP contribution < -0.4 is 5.43 Å². The summed E-state index contributed by atoms with van der Waals surface area (Å²) in [5, 5.41) is 3.69. The Hall–Kier alpha value is -2.45. The Bertz CT molecular complexity index is 781. The van der Waals surface area contributed by atoms with Crippen LogP contribution in [0.15, 0.2) is 57.1 Å². The minimum absolute atomic E-state index is 0.137. The summed E-state index contributed by atoms with van der Waals surface area (Å²) in [5.41, 5.74) is 3.20. The third kappa shape index (κ3) is 4.51. The van der Waals surface area contributed by atoms with Gasteiger partial charge in [0, 0.05) is 7.05 Å². The highest BCUT2D eigenvalue weighted by molar-refractivity contribution is 7.89. The van der Waals surface area contributed by atoms with E-state index in [1.54, 1.807) is 24.3 Å². The summed E-state index contributed by atoms with van der Waals surface area (Å²) in [7, 11) is -2.38. The van der Waals surface area contributed by atoms with Crippen LogP contribution in [-0.2, 0) is 14.8 Å². The maximum absolute atomic E-state index is 12.3. The molecule has 0 saturated heterocycles. The van der Waals surface area contributed by atoms with Gasteiger partial charge < -0.3 is 4.42 Å². The number of aryl methyl sites for hydroxylation is 1. The second-order valence-electron chi connectivity index (χ2n) is 4.88. The van der Waals surface area contributed by atoms with Crippen molar-refractivity contribution in [2.24, 2.45) is 5.10 Å². The normalized spacial score (nSPS) is 12.0. The molecule has 1 amide bonds. The first-order chi connectivity index (χ1) is 10.9. The van der Waals surface area contributed by atoms with Crippen LogP contribution in [0.25, 0.3) is 0 Å². The highest BCUT2D eigenvalue weighted by atomic mass is 32.2. The third-order valence-electron chi connectivity index (χ3n) is 3.02. The molecule has 0 unspecified atom stereocenters. The van der Waals surface area contributed by atoms with Crippen molar-refractivity contribution >= 4 is 22.1 Å². The van der Waals surface area contributed by atoms with Crippen molar-refractivity contribution < 1.29 is 17.6 Å². The lowest BCUT2D eigenvalue weighted by atomic mass is 10.2. The molecule has 0 saturated carbocycles. The van der Waals surface area contributed by atoms with Crippen molar-refractivity contribution in [2.75, 3.05) is 13.6 Å². The number of hydrazone groups is 1. The number of sulfonamides is 1. The molecule has 2 aromatic rings. The quantitative estimate of drug-likeness (QED) is 0.637. The number of carbonyl (C=O) groups excluding carboxylic acids is 1. The Morgan fingerprint density at radius 2 is 2.00 bits per heavy atom. The van der Waals surface area contributed by atoms with Crippen molar-refractivity contribution in [1.29, 1.82) is 0 Å². The number of hydrogen-bond acceptors (Lipinski definition) is 5. The smallest absolute Gasteiger partial charge is 0.255 e. The van der Waals surface area contributed by atoms with Crippen LogP contribution in [0.5, 0.6) is 0 Å². The fourth-order valence-electron chi connectivity index (χ4n) is 1.75. The van der Waals surface area contributed by atoms with Gasteiger partial charge in [0.05, 0.1) is 23.9 Å². The monoisotopic (exact) mass is 335 g/mol. The van der Waals surface area contributed by atoms with E-state index in [1.165, 1.54) is 31.7 Å². The van der Waals surface area contributed by atoms with Gasteiger partial charge in [-0.15, -0.1) is 0 Å². The summed E-state index contributed by atoms with van der Waals surface area (Å²) in [6.45, 7) is 1.52. The van der Waals surface area contributed by atoms with Gasteiger partial charge in [-0.05, 0) is 31.2 Å². The van der Waals surface area contributed by atoms with E-state index < -0.39 is 15.9 Å². The van der Waals surface area contributed by atoms with Gasteiger partial charge in [-0.2, -0.15) is 9.41 Å². The predicted octanol–water partition coefficient (Wildman–Crippen LogP) is 1.36. The molecule has 1 heterocycles. The topological polar surface area (TPSA) is 92.0 Å². The second-order valence-corrected chi connectivity index (χ2v) is 6.93. The molecule has 122 valence electrons. The number of rotatable bonds is 6. The number of nitrogens with zero attached hydrogens (tertiary/aromatic N) is 2. The van der Waals surface area contributed by atoms with Crippen LogP contribution in [0.2, 0.25) is 0 Å². The van der Waals surface area contributed by atoms with E-state index in [0.717, 1.165) is 9.87 Å². The van der Waals surface area contributed by atoms with Gasteiger partial charge in [-0.1, -0.05) is 17.7 Å². The maximum Gasteiger partial charge on any atom is 0.255 e. The molecule has 0 bridgehead atoms. The number of hydrogen-bond donors (Lipinski definition) is 1. The molecule has 0 spiro atoms. The molecule has 0 atom stereocenters. The molecule has 2 rings (SSSR count). The van der Waals surface area contributed by atoms with Gasteiger partial charge in [-0.3, -0.25) is 4.79 Å². The number of furan rings is 1. The SMILES string of the molecule is Cc1ccc(S(=O)(=O)N(C)CC(=O)N/N=C/c2ccco2)cc1. The molecule has 0 aliphatic carbocycles. The van der Waals surface area contributed by atoms with Gasteiger partial charge in [0.2, 0.25) is 10.0 Å². The molecule has 7 nitrogen and oxygen atoms in total. The molecule has 0 fully saturated rings. The van der Waals surface area contributed by atoms with E-state index in [1.807, 2.05) is 6.92 Å². The molecule has 0 aliphatic rings. The number of amides is 1. The molecular weight excluding hydrogens is 318 g/mol. The molecular formula is C15H17N3O4S. The van der Waals surface area contributed by atoms with Crippen LogP contribution in [0.3, 0.4) is 0 Å². The first-order valence-corrected chi connectivity index (χ1v) is 8.22. The summed E-state index contributed by atoms with van der Waals surface area (Å²) < 4.78 is 30.6. The van der Waals surface area contributed by atoms with E-state index in [9.17, 15) is 13.2 Å². The maximum atomic E-state index is 12.3. The predicted molar refractivity (Wildman–Crippen MR) is 85.4 cm³/mol. The number of benzene rings is 1. The molecule has 0 aliphatic heterocycles. The van der Waals surface area contributed by atoms with Crippen molar-refractivity contribution in [2.45, 2.75) is 11.8 Å². The molecule has 1 aromatic carbocycles. The average Bonchev–Trinajstić information content (AvgIpc) is 3.01. The van der Waals surface area contributed by atoms with Crippen LogP contribution in [-0.4, -0.2) is 38.4 Å². The van der Waals surface area contributed by atoms with Crippen LogP contribution in [0.4, 0.5) is 0 Å². The second kappa shape index (κ2) is 7.21. The van der Waals surface area contributed by atoms with Gasteiger partial charge in [0.15, 0.2) is 0 Å². The Balaban J connectivity index is 1.96. The van der Waals surface area contributed by atoms with Gasteiger partial charge in [0.1, 0.15) is 5.76 Å². The minimum Gasteiger partial charge on any atom is -0.463 e. The first-order valence-electron chi connectivity index (χ1n) is 6.78. The Morgan fingerprint density at radius 1 is 1.30 bits per heavy atom. The summed E-state index contributed by atoms with van der Waals surface area (Å²) in [4.78, 5) is 11.9. The number of nitrogens with one attached hydrogen (secondary N) is 1. The number of carbonyl (C=O) groups is 1. The number of likely N-dealkylation sites (N-methyl/N-ethyl adjacent to an activating group) is 1. The van der Waals surface area contributed by atoms with Crippen LogP contribution >= 0.6 is 0 Å². The van der Waals surface area contributed by atoms with Gasteiger partial charge >= 0.3 is 0 Å². The summed E-state index contributed by atoms with van der Waals surface area (Å²) >= 11 is 0. The lowest BCUT2D eigenvalue weighted by Crippen LogP contribution is -2.36. The van der Waals surface area contributed by atoms with E-state index in [-0.39, 0.29) is 11.4 Å². The molecule has 1 aromatic heterocycles. The zero-order valence-corrected chi connectivity index (χ0v) is 13.6. The van der Waals surface area contributed by atoms with Crippen LogP contribution in [0.1, 0.15) is 11.3 Å². The summed E-state index contributed by atoms with van der Waals surface area (Å²) in [6, 6.07) is 9.78. The standard InChI is InChI=1S/C15H17N3O4S/c1-12-5-7-14(8-6-12)23(20,21)18(2)11-15(19)17-16-10-13-4-3-9-22-13/h3-10H,11H2,1-2H3,(H,17,19)/b16-10+. The van der Waals surface area contributed by atoms with Crippen molar-refractivity contribution in [3.05, 3.63) is 54.0 Å². The lowest BCUT2D eigenvalue weighted by molar-refractivity contribution is -0.121. The third-order valence-corrected chi connectivity index (χ3v) is 4.84. The van der Waals surface area contributed by atoms with Gasteiger partial charge in [-0.25, -0.2) is 13.8 Å². The summed E-state index contributed by atoms with van der Waals surface area (Å²) in [5.74, 6) is -0.0723. The zero-order chi connectivity index (χ0) is 16.9. The van der Waals surface area contributed by atoms with E-state index in [0.29, 0.717) is 5.76 Å². The Labute approximate surface area is 134 Å². The average molecular weight is 335 g/mol.